The summed E-state index contributed by atoms with van der Waals surface area (Å²) in [6, 6.07) is -0.643. The topological polar surface area (TPSA) is 69.6 Å². The molecule has 0 fully saturated rings. The molecule has 3 N–H and O–H groups in total. The van der Waals surface area contributed by atoms with Crippen molar-refractivity contribution in [1.29, 1.82) is 0 Å². The average Bonchev–Trinajstić information content (AvgIpc) is 3.30. The lowest BCUT2D eigenvalue weighted by Crippen LogP contribution is -2.45. The number of aliphatic hydroxyl groups is 2. The second kappa shape index (κ2) is 55.7. The van der Waals surface area contributed by atoms with Gasteiger partial charge >= 0.3 is 0 Å². The van der Waals surface area contributed by atoms with Gasteiger partial charge in [0, 0.05) is 6.42 Å². The number of unbranched alkanes of at least 4 members (excludes halogenated alkanes) is 40. The first kappa shape index (κ1) is 62.4. The van der Waals surface area contributed by atoms with Gasteiger partial charge in [0.25, 0.3) is 0 Å². The molecule has 0 aliphatic heterocycles. The first-order valence-electron chi connectivity index (χ1n) is 28.9. The third kappa shape index (κ3) is 51.3. The summed E-state index contributed by atoms with van der Waals surface area (Å²) in [5.41, 5.74) is 0. The van der Waals surface area contributed by atoms with Crippen molar-refractivity contribution in [1.82, 2.24) is 5.32 Å². The molecule has 0 spiro atoms. The molecule has 0 rings (SSSR count). The van der Waals surface area contributed by atoms with E-state index < -0.39 is 12.1 Å². The third-order valence-corrected chi connectivity index (χ3v) is 13.2. The van der Waals surface area contributed by atoms with E-state index in [9.17, 15) is 15.0 Å². The summed E-state index contributed by atoms with van der Waals surface area (Å²) in [5, 5.41) is 23.0. The molecule has 2 atom stereocenters. The Hall–Kier alpha value is -1.65. The summed E-state index contributed by atoms with van der Waals surface area (Å²) in [5.74, 6) is -0.0757. The highest BCUT2D eigenvalue weighted by molar-refractivity contribution is 5.76. The van der Waals surface area contributed by atoms with Crippen LogP contribution in [0.3, 0.4) is 0 Å². The molecular formula is C60H113NO3. The molecule has 2 unspecified atom stereocenters. The van der Waals surface area contributed by atoms with Crippen molar-refractivity contribution in [2.24, 2.45) is 0 Å². The van der Waals surface area contributed by atoms with Crippen LogP contribution in [0.2, 0.25) is 0 Å². The fourth-order valence-corrected chi connectivity index (χ4v) is 8.86. The van der Waals surface area contributed by atoms with E-state index in [1.807, 2.05) is 6.08 Å². The molecule has 0 aromatic rings. The molecule has 376 valence electrons. The van der Waals surface area contributed by atoms with Crippen LogP contribution in [0.15, 0.2) is 48.6 Å². The zero-order valence-corrected chi connectivity index (χ0v) is 43.3. The summed E-state index contributed by atoms with van der Waals surface area (Å²) in [7, 11) is 0. The van der Waals surface area contributed by atoms with Gasteiger partial charge < -0.3 is 15.5 Å². The highest BCUT2D eigenvalue weighted by Gasteiger charge is 2.18. The average molecular weight is 897 g/mol. The van der Waals surface area contributed by atoms with Gasteiger partial charge in [-0.2, -0.15) is 0 Å². The molecule has 0 bridgehead atoms. The third-order valence-electron chi connectivity index (χ3n) is 13.2. The summed E-state index contributed by atoms with van der Waals surface area (Å²) in [4.78, 5) is 12.4. The highest BCUT2D eigenvalue weighted by Crippen LogP contribution is 2.17. The second-order valence-corrected chi connectivity index (χ2v) is 19.7. The normalized spacial score (nSPS) is 13.1. The number of amides is 1. The van der Waals surface area contributed by atoms with Crippen LogP contribution in [0.1, 0.15) is 309 Å². The van der Waals surface area contributed by atoms with Crippen molar-refractivity contribution in [3.05, 3.63) is 48.6 Å². The molecule has 1 amide bonds. The zero-order chi connectivity index (χ0) is 46.3. The second-order valence-electron chi connectivity index (χ2n) is 19.7. The van der Waals surface area contributed by atoms with Gasteiger partial charge in [0.15, 0.2) is 0 Å². The predicted molar refractivity (Wildman–Crippen MR) is 285 cm³/mol. The molecule has 0 aromatic heterocycles. The van der Waals surface area contributed by atoms with Crippen molar-refractivity contribution in [2.45, 2.75) is 321 Å². The Morgan fingerprint density at radius 1 is 0.359 bits per heavy atom. The Morgan fingerprint density at radius 2 is 0.641 bits per heavy atom. The van der Waals surface area contributed by atoms with Gasteiger partial charge in [0.1, 0.15) is 0 Å². The fraction of sp³-hybridized carbons (Fsp3) is 0.850. The minimum absolute atomic E-state index is 0.0757. The highest BCUT2D eigenvalue weighted by atomic mass is 16.3. The van der Waals surface area contributed by atoms with E-state index in [0.29, 0.717) is 6.42 Å². The molecule has 0 aromatic carbocycles. The maximum Gasteiger partial charge on any atom is 0.220 e. The zero-order valence-electron chi connectivity index (χ0n) is 43.3. The van der Waals surface area contributed by atoms with Crippen LogP contribution in [-0.2, 0) is 4.79 Å². The van der Waals surface area contributed by atoms with Gasteiger partial charge in [-0.25, -0.2) is 0 Å². The van der Waals surface area contributed by atoms with Crippen molar-refractivity contribution in [3.63, 3.8) is 0 Å². The maximum absolute atomic E-state index is 12.4. The maximum atomic E-state index is 12.4. The standard InChI is InChI=1S/C60H113NO3/c1-3-5-7-9-11-13-15-16-17-18-19-20-21-22-23-24-25-26-27-28-29-30-31-32-33-34-35-36-37-38-39-40-41-42-43-44-46-48-50-52-54-56-60(64)61-58(57-62)59(63)55-53-51-49-47-45-14-12-10-8-6-4-2/h8,10,18-19,45,47,53,55,58-59,62-63H,3-7,9,11-17,20-44,46,48-52,54,56-57H2,1-2H3,(H,61,64)/b10-8+,19-18-,47-45+,55-53+. The van der Waals surface area contributed by atoms with Crippen LogP contribution >= 0.6 is 0 Å². The number of aliphatic hydroxyl groups excluding tert-OH is 2. The van der Waals surface area contributed by atoms with E-state index in [1.165, 1.54) is 244 Å². The lowest BCUT2D eigenvalue weighted by molar-refractivity contribution is -0.123. The number of hydrogen-bond donors (Lipinski definition) is 3. The molecule has 4 nitrogen and oxygen atoms in total. The minimum atomic E-state index is -0.867. The number of carbonyl (C=O) groups excluding carboxylic acids is 1. The number of carbonyl (C=O) groups is 1. The van der Waals surface area contributed by atoms with Crippen molar-refractivity contribution in [3.8, 4) is 0 Å². The lowest BCUT2D eigenvalue weighted by atomic mass is 10.0. The van der Waals surface area contributed by atoms with Gasteiger partial charge in [-0.3, -0.25) is 4.79 Å². The number of nitrogens with one attached hydrogen (secondary N) is 1. The lowest BCUT2D eigenvalue weighted by Gasteiger charge is -2.19. The quantitative estimate of drug-likeness (QED) is 0.0421. The van der Waals surface area contributed by atoms with Crippen LogP contribution < -0.4 is 5.32 Å². The molecule has 0 saturated carbocycles. The van der Waals surface area contributed by atoms with E-state index >= 15 is 0 Å². The Bertz CT molecular complexity index is 1020. The van der Waals surface area contributed by atoms with Gasteiger partial charge in [-0.15, -0.1) is 0 Å². The van der Waals surface area contributed by atoms with E-state index in [4.69, 9.17) is 0 Å². The molecule has 0 saturated heterocycles. The number of rotatable bonds is 53. The molecule has 4 heteroatoms. The minimum Gasteiger partial charge on any atom is -0.394 e. The molecule has 0 heterocycles. The van der Waals surface area contributed by atoms with Crippen molar-refractivity contribution < 1.29 is 15.0 Å². The molecule has 64 heavy (non-hydrogen) atoms. The van der Waals surface area contributed by atoms with Crippen LogP contribution in [0, 0.1) is 0 Å². The molecule has 0 aliphatic carbocycles. The number of allylic oxidation sites excluding steroid dienone is 7. The SMILES string of the molecule is CCC/C=C/CC/C=C/CC/C=C/C(O)C(CO)NC(=O)CCCCCCCCCCCCCCCCCCCCCCCCCCCCCCC/C=C\CCCCCCCCCC. The van der Waals surface area contributed by atoms with E-state index in [-0.39, 0.29) is 12.5 Å². The molecular weight excluding hydrogens is 783 g/mol. The van der Waals surface area contributed by atoms with Crippen LogP contribution in [0.4, 0.5) is 0 Å². The predicted octanol–water partition coefficient (Wildman–Crippen LogP) is 19.0. The summed E-state index contributed by atoms with van der Waals surface area (Å²) >= 11 is 0. The summed E-state index contributed by atoms with van der Waals surface area (Å²) in [6.07, 6.45) is 77.5. The first-order valence-corrected chi connectivity index (χ1v) is 28.9. The monoisotopic (exact) mass is 896 g/mol. The van der Waals surface area contributed by atoms with E-state index in [1.54, 1.807) is 6.08 Å². The van der Waals surface area contributed by atoms with Crippen LogP contribution in [0.5, 0.6) is 0 Å². The Labute approximate surface area is 401 Å². The van der Waals surface area contributed by atoms with Crippen molar-refractivity contribution in [2.75, 3.05) is 6.61 Å². The fourth-order valence-electron chi connectivity index (χ4n) is 8.86. The summed E-state index contributed by atoms with van der Waals surface area (Å²) in [6.45, 7) is 4.23. The summed E-state index contributed by atoms with van der Waals surface area (Å²) < 4.78 is 0. The largest absolute Gasteiger partial charge is 0.394 e. The Balaban J connectivity index is 3.35. The Morgan fingerprint density at radius 3 is 0.969 bits per heavy atom. The Kier molecular flexibility index (Phi) is 54.2. The van der Waals surface area contributed by atoms with E-state index in [0.717, 1.165) is 44.9 Å². The molecule has 0 aliphatic rings. The van der Waals surface area contributed by atoms with Gasteiger partial charge in [0.2, 0.25) is 5.91 Å². The van der Waals surface area contributed by atoms with Gasteiger partial charge in [0.05, 0.1) is 18.8 Å². The first-order chi connectivity index (χ1) is 31.7. The van der Waals surface area contributed by atoms with Gasteiger partial charge in [-0.1, -0.05) is 287 Å². The smallest absolute Gasteiger partial charge is 0.220 e. The van der Waals surface area contributed by atoms with Crippen LogP contribution in [-0.4, -0.2) is 34.9 Å². The van der Waals surface area contributed by atoms with Gasteiger partial charge in [-0.05, 0) is 64.2 Å². The van der Waals surface area contributed by atoms with Crippen molar-refractivity contribution >= 4 is 5.91 Å². The number of hydrogen-bond acceptors (Lipinski definition) is 3. The van der Waals surface area contributed by atoms with Crippen LogP contribution in [0.25, 0.3) is 0 Å². The molecule has 0 radical (unpaired) electrons. The van der Waals surface area contributed by atoms with E-state index in [2.05, 4.69) is 55.6 Å².